The van der Waals surface area contributed by atoms with Gasteiger partial charge in [-0.15, -0.1) is 11.3 Å². The van der Waals surface area contributed by atoms with Crippen LogP contribution in [0.5, 0.6) is 5.75 Å². The molecule has 1 aliphatic rings. The Morgan fingerprint density at radius 2 is 2.14 bits per heavy atom. The van der Waals surface area contributed by atoms with Gasteiger partial charge in [-0.25, -0.2) is 4.98 Å². The van der Waals surface area contributed by atoms with Crippen LogP contribution in [0.4, 0.5) is 0 Å². The van der Waals surface area contributed by atoms with Crippen LogP contribution in [0.15, 0.2) is 18.2 Å². The van der Waals surface area contributed by atoms with Crippen LogP contribution >= 0.6 is 11.3 Å². The Balaban J connectivity index is 2.06. The second-order valence-corrected chi connectivity index (χ2v) is 7.72. The van der Waals surface area contributed by atoms with Gasteiger partial charge < -0.3 is 10.5 Å². The maximum atomic E-state index is 6.35. The molecule has 0 radical (unpaired) electrons. The summed E-state index contributed by atoms with van der Waals surface area (Å²) in [5.74, 6) is 0.883. The molecular weight excluding hydrogens is 280 g/mol. The number of aromatic nitrogens is 1. The van der Waals surface area contributed by atoms with Crippen LogP contribution in [-0.2, 0) is 6.42 Å². The summed E-state index contributed by atoms with van der Waals surface area (Å²) in [6, 6.07) is 6.35. The molecule has 2 aromatic rings. The van der Waals surface area contributed by atoms with Crippen molar-refractivity contribution in [2.75, 3.05) is 7.11 Å². The fourth-order valence-corrected chi connectivity index (χ4v) is 4.20. The van der Waals surface area contributed by atoms with E-state index >= 15 is 0 Å². The highest BCUT2D eigenvalue weighted by molar-refractivity contribution is 7.15. The molecule has 0 bridgehead atoms. The average Bonchev–Trinajstić information content (AvgIpc) is 2.80. The van der Waals surface area contributed by atoms with Crippen molar-refractivity contribution < 1.29 is 4.74 Å². The molecule has 1 atom stereocenters. The monoisotopic (exact) mass is 302 g/mol. The number of fused-ring (bicyclic) bond motifs is 1. The molecule has 1 aliphatic carbocycles. The number of ether oxygens (including phenoxy) is 1. The van der Waals surface area contributed by atoms with Gasteiger partial charge in [-0.2, -0.15) is 0 Å². The van der Waals surface area contributed by atoms with Gasteiger partial charge in [0.2, 0.25) is 0 Å². The number of methoxy groups -OCH3 is 1. The van der Waals surface area contributed by atoms with Crippen molar-refractivity contribution in [1.29, 1.82) is 0 Å². The van der Waals surface area contributed by atoms with Crippen LogP contribution in [0.25, 0.3) is 10.6 Å². The largest absolute Gasteiger partial charge is 0.496 e. The fourth-order valence-electron chi connectivity index (χ4n) is 3.08. The third kappa shape index (κ3) is 2.70. The normalized spacial score (nSPS) is 20.1. The van der Waals surface area contributed by atoms with Gasteiger partial charge in [-0.05, 0) is 42.9 Å². The molecule has 0 aliphatic heterocycles. The van der Waals surface area contributed by atoms with Gasteiger partial charge in [0.1, 0.15) is 10.8 Å². The zero-order valence-corrected chi connectivity index (χ0v) is 13.9. The zero-order valence-electron chi connectivity index (χ0n) is 13.1. The van der Waals surface area contributed by atoms with Crippen molar-refractivity contribution in [1.82, 2.24) is 4.98 Å². The van der Waals surface area contributed by atoms with Gasteiger partial charge in [0.15, 0.2) is 0 Å². The van der Waals surface area contributed by atoms with Crippen molar-refractivity contribution >= 4 is 11.3 Å². The van der Waals surface area contributed by atoms with Crippen molar-refractivity contribution in [2.24, 2.45) is 11.1 Å². The minimum atomic E-state index is 0.103. The standard InChI is InChI=1S/C17H22N2OS/c1-10-5-6-11(14(7-10)20-4)16-19-13-9-17(2,3)8-12(18)15(13)21-16/h5-7,12H,8-9,18H2,1-4H3. The Bertz CT molecular complexity index is 675. The first-order chi connectivity index (χ1) is 9.89. The number of hydrogen-bond donors (Lipinski definition) is 1. The number of nitrogens with zero attached hydrogens (tertiary/aromatic N) is 1. The van der Waals surface area contributed by atoms with E-state index < -0.39 is 0 Å². The van der Waals surface area contributed by atoms with Crippen molar-refractivity contribution in [3.8, 4) is 16.3 Å². The van der Waals surface area contributed by atoms with Crippen LogP contribution < -0.4 is 10.5 Å². The van der Waals surface area contributed by atoms with E-state index in [1.54, 1.807) is 18.4 Å². The molecule has 112 valence electrons. The van der Waals surface area contributed by atoms with E-state index in [0.717, 1.165) is 29.2 Å². The highest BCUT2D eigenvalue weighted by Gasteiger charge is 2.33. The lowest BCUT2D eigenvalue weighted by molar-refractivity contribution is 0.282. The van der Waals surface area contributed by atoms with Gasteiger partial charge in [0.05, 0.1) is 18.4 Å². The van der Waals surface area contributed by atoms with Crippen LogP contribution in [0.1, 0.15) is 42.4 Å². The lowest BCUT2D eigenvalue weighted by Gasteiger charge is -2.32. The molecule has 3 rings (SSSR count). The molecule has 0 saturated heterocycles. The van der Waals surface area contributed by atoms with Gasteiger partial charge in [-0.3, -0.25) is 0 Å². The molecule has 1 aromatic carbocycles. The third-order valence-corrected chi connectivity index (χ3v) is 5.33. The Hall–Kier alpha value is -1.39. The minimum Gasteiger partial charge on any atom is -0.496 e. The molecule has 1 heterocycles. The number of thiazole rings is 1. The van der Waals surface area contributed by atoms with Crippen LogP contribution in [-0.4, -0.2) is 12.1 Å². The summed E-state index contributed by atoms with van der Waals surface area (Å²) in [5.41, 5.74) is 10.00. The fraction of sp³-hybridized carbons (Fsp3) is 0.471. The summed E-state index contributed by atoms with van der Waals surface area (Å²) in [7, 11) is 1.71. The van der Waals surface area contributed by atoms with Crippen molar-refractivity contribution in [3.05, 3.63) is 34.3 Å². The average molecular weight is 302 g/mol. The van der Waals surface area contributed by atoms with E-state index in [1.807, 2.05) is 0 Å². The van der Waals surface area contributed by atoms with E-state index in [2.05, 4.69) is 39.0 Å². The lowest BCUT2D eigenvalue weighted by atomic mass is 9.77. The maximum Gasteiger partial charge on any atom is 0.129 e. The number of hydrogen-bond acceptors (Lipinski definition) is 4. The van der Waals surface area contributed by atoms with E-state index in [0.29, 0.717) is 0 Å². The number of benzene rings is 1. The second kappa shape index (κ2) is 5.11. The van der Waals surface area contributed by atoms with Crippen molar-refractivity contribution in [2.45, 2.75) is 39.7 Å². The summed E-state index contributed by atoms with van der Waals surface area (Å²) in [6.07, 6.45) is 2.02. The Morgan fingerprint density at radius 1 is 1.38 bits per heavy atom. The van der Waals surface area contributed by atoms with Gasteiger partial charge in [0.25, 0.3) is 0 Å². The molecule has 2 N–H and O–H groups in total. The Kier molecular flexibility index (Phi) is 3.54. The quantitative estimate of drug-likeness (QED) is 0.908. The minimum absolute atomic E-state index is 0.103. The molecule has 1 unspecified atom stereocenters. The summed E-state index contributed by atoms with van der Waals surface area (Å²) in [6.45, 7) is 6.60. The topological polar surface area (TPSA) is 48.1 Å². The van der Waals surface area contributed by atoms with Crippen LogP contribution in [0.3, 0.4) is 0 Å². The van der Waals surface area contributed by atoms with E-state index in [1.165, 1.54) is 16.1 Å². The lowest BCUT2D eigenvalue weighted by Crippen LogP contribution is -2.28. The molecule has 0 fully saturated rings. The van der Waals surface area contributed by atoms with Crippen LogP contribution in [0, 0.1) is 12.3 Å². The first-order valence-corrected chi connectivity index (χ1v) is 8.11. The molecule has 1 aromatic heterocycles. The Morgan fingerprint density at radius 3 is 2.86 bits per heavy atom. The van der Waals surface area contributed by atoms with E-state index in [-0.39, 0.29) is 11.5 Å². The molecule has 21 heavy (non-hydrogen) atoms. The maximum absolute atomic E-state index is 6.35. The highest BCUT2D eigenvalue weighted by Crippen LogP contribution is 2.45. The summed E-state index contributed by atoms with van der Waals surface area (Å²) < 4.78 is 5.52. The van der Waals surface area contributed by atoms with Gasteiger partial charge in [0, 0.05) is 10.9 Å². The van der Waals surface area contributed by atoms with Gasteiger partial charge in [-0.1, -0.05) is 19.9 Å². The molecule has 4 heteroatoms. The van der Waals surface area contributed by atoms with E-state index in [4.69, 9.17) is 15.5 Å². The molecular formula is C17H22N2OS. The molecule has 0 amide bonds. The second-order valence-electron chi connectivity index (χ2n) is 6.69. The molecule has 0 spiro atoms. The van der Waals surface area contributed by atoms with Crippen molar-refractivity contribution in [3.63, 3.8) is 0 Å². The van der Waals surface area contributed by atoms with Crippen LogP contribution in [0.2, 0.25) is 0 Å². The smallest absolute Gasteiger partial charge is 0.129 e. The highest BCUT2D eigenvalue weighted by atomic mass is 32.1. The SMILES string of the molecule is COc1cc(C)ccc1-c1nc2c(s1)C(N)CC(C)(C)C2. The molecule has 0 saturated carbocycles. The number of nitrogens with two attached hydrogens (primary N) is 1. The summed E-state index contributed by atoms with van der Waals surface area (Å²) in [4.78, 5) is 6.11. The Labute approximate surface area is 130 Å². The summed E-state index contributed by atoms with van der Waals surface area (Å²) >= 11 is 1.72. The number of aryl methyl sites for hydroxylation is 1. The zero-order chi connectivity index (χ0) is 15.2. The van der Waals surface area contributed by atoms with E-state index in [9.17, 15) is 0 Å². The number of rotatable bonds is 2. The summed E-state index contributed by atoms with van der Waals surface area (Å²) in [5, 5.41) is 1.02. The predicted molar refractivity (Wildman–Crippen MR) is 87.9 cm³/mol. The predicted octanol–water partition coefficient (Wildman–Crippen LogP) is 4.10. The third-order valence-electron chi connectivity index (χ3n) is 4.07. The first-order valence-electron chi connectivity index (χ1n) is 7.30. The van der Waals surface area contributed by atoms with Gasteiger partial charge >= 0.3 is 0 Å². The molecule has 3 nitrogen and oxygen atoms in total. The first kappa shape index (κ1) is 14.5.